The van der Waals surface area contributed by atoms with Gasteiger partial charge in [0.25, 0.3) is 0 Å². The summed E-state index contributed by atoms with van der Waals surface area (Å²) in [4.78, 5) is 0. The Kier molecular flexibility index (Phi) is 6.73. The summed E-state index contributed by atoms with van der Waals surface area (Å²) >= 11 is 0. The van der Waals surface area contributed by atoms with Crippen LogP contribution in [0.25, 0.3) is 10.8 Å². The Labute approximate surface area is 153 Å². The lowest BCUT2D eigenvalue weighted by Gasteiger charge is -2.24. The molecule has 0 spiro atoms. The lowest BCUT2D eigenvalue weighted by molar-refractivity contribution is -0.0690. The molecule has 0 radical (unpaired) electrons. The van der Waals surface area contributed by atoms with Crippen molar-refractivity contribution in [1.82, 2.24) is 5.43 Å². The van der Waals surface area contributed by atoms with Gasteiger partial charge in [-0.1, -0.05) is 32.0 Å². The van der Waals surface area contributed by atoms with Gasteiger partial charge in [-0.15, -0.1) is 0 Å². The number of alkyl halides is 4. The number of nitrogens with two attached hydrogens (primary N) is 2. The molecule has 27 heavy (non-hydrogen) atoms. The van der Waals surface area contributed by atoms with E-state index in [4.69, 9.17) is 11.6 Å². The van der Waals surface area contributed by atoms with E-state index in [2.05, 4.69) is 14.9 Å². The van der Waals surface area contributed by atoms with Crippen LogP contribution < -0.4 is 26.5 Å². The standard InChI is InChI=1S/C18H21F4N3O2/c1-9(2)16(13(8-23)25-24)11-4-3-10-6-14(26-17(19)20)15(27-18(21)22)7-12(10)5-11/h3-9,16-18,25H,23-24H2,1-2H3/b13-8-. The Balaban J connectivity index is 2.57. The number of rotatable bonds is 8. The highest BCUT2D eigenvalue weighted by molar-refractivity contribution is 5.87. The topological polar surface area (TPSA) is 82.5 Å². The molecule has 0 fully saturated rings. The first-order chi connectivity index (χ1) is 12.8. The molecular formula is C18H21F4N3O2. The summed E-state index contributed by atoms with van der Waals surface area (Å²) in [5.74, 6) is 4.53. The minimum atomic E-state index is -3.18. The number of hydrogen-bond acceptors (Lipinski definition) is 5. The molecule has 0 aromatic heterocycles. The summed E-state index contributed by atoms with van der Waals surface area (Å²) in [6.07, 6.45) is 1.36. The van der Waals surface area contributed by atoms with Crippen LogP contribution in [0.4, 0.5) is 17.6 Å². The van der Waals surface area contributed by atoms with Crippen molar-refractivity contribution in [3.05, 3.63) is 47.8 Å². The average molecular weight is 387 g/mol. The van der Waals surface area contributed by atoms with Crippen LogP contribution >= 0.6 is 0 Å². The molecule has 0 amide bonds. The Hall–Kier alpha value is -2.68. The van der Waals surface area contributed by atoms with Crippen LogP contribution in [0.2, 0.25) is 0 Å². The first kappa shape index (κ1) is 20.6. The zero-order valence-electron chi connectivity index (χ0n) is 14.8. The van der Waals surface area contributed by atoms with Crippen LogP contribution in [0, 0.1) is 5.92 Å². The lowest BCUT2D eigenvalue weighted by Crippen LogP contribution is -2.28. The molecule has 9 heteroatoms. The molecule has 2 rings (SSSR count). The first-order valence-corrected chi connectivity index (χ1v) is 8.12. The number of hydrazine groups is 1. The predicted octanol–water partition coefficient (Wildman–Crippen LogP) is 4.05. The number of ether oxygens (including phenoxy) is 2. The summed E-state index contributed by atoms with van der Waals surface area (Å²) < 4.78 is 59.0. The number of hydrogen-bond donors (Lipinski definition) is 3. The maximum Gasteiger partial charge on any atom is 0.387 e. The van der Waals surface area contributed by atoms with Gasteiger partial charge in [-0.05, 0) is 34.4 Å². The van der Waals surface area contributed by atoms with Crippen molar-refractivity contribution in [3.8, 4) is 11.5 Å². The zero-order valence-corrected chi connectivity index (χ0v) is 14.8. The molecule has 0 bridgehead atoms. The van der Waals surface area contributed by atoms with Crippen molar-refractivity contribution in [2.45, 2.75) is 33.0 Å². The van der Waals surface area contributed by atoms with Gasteiger partial charge in [-0.3, -0.25) is 5.84 Å². The maximum absolute atomic E-state index is 12.6. The molecule has 1 atom stereocenters. The van der Waals surface area contributed by atoms with Gasteiger partial charge in [0.15, 0.2) is 11.5 Å². The zero-order chi connectivity index (χ0) is 20.1. The molecule has 0 aliphatic rings. The first-order valence-electron chi connectivity index (χ1n) is 8.12. The molecule has 2 aromatic carbocycles. The molecule has 0 aliphatic heterocycles. The lowest BCUT2D eigenvalue weighted by atomic mass is 9.85. The Morgan fingerprint density at radius 1 is 0.963 bits per heavy atom. The highest BCUT2D eigenvalue weighted by atomic mass is 19.3. The summed E-state index contributed by atoms with van der Waals surface area (Å²) in [6, 6.07) is 7.67. The van der Waals surface area contributed by atoms with E-state index in [9.17, 15) is 17.6 Å². The van der Waals surface area contributed by atoms with Gasteiger partial charge >= 0.3 is 13.2 Å². The smallest absolute Gasteiger partial charge is 0.387 e. The van der Waals surface area contributed by atoms with Crippen molar-refractivity contribution in [2.75, 3.05) is 0 Å². The molecule has 148 valence electrons. The van der Waals surface area contributed by atoms with E-state index < -0.39 is 24.7 Å². The van der Waals surface area contributed by atoms with Gasteiger partial charge in [0, 0.05) is 17.8 Å². The monoisotopic (exact) mass is 387 g/mol. The molecule has 5 nitrogen and oxygen atoms in total. The van der Waals surface area contributed by atoms with E-state index in [-0.39, 0.29) is 11.8 Å². The van der Waals surface area contributed by atoms with E-state index in [0.29, 0.717) is 16.5 Å². The van der Waals surface area contributed by atoms with Crippen LogP contribution in [0.3, 0.4) is 0 Å². The summed E-state index contributed by atoms with van der Waals surface area (Å²) in [5.41, 5.74) is 9.58. The fourth-order valence-corrected chi connectivity index (χ4v) is 3.01. The fourth-order valence-electron chi connectivity index (χ4n) is 3.01. The SMILES string of the molecule is CC(C)C(/C(=C/N)NN)c1ccc2cc(OC(F)F)c(OC(F)F)cc2c1. The van der Waals surface area contributed by atoms with Crippen LogP contribution in [0.1, 0.15) is 25.3 Å². The molecular weight excluding hydrogens is 366 g/mol. The van der Waals surface area contributed by atoms with Crippen molar-refractivity contribution in [3.63, 3.8) is 0 Å². The van der Waals surface area contributed by atoms with Gasteiger partial charge in [0.05, 0.1) is 0 Å². The van der Waals surface area contributed by atoms with E-state index in [1.807, 2.05) is 13.8 Å². The third-order valence-electron chi connectivity index (χ3n) is 4.07. The number of nitrogens with one attached hydrogen (secondary N) is 1. The maximum atomic E-state index is 12.6. The van der Waals surface area contributed by atoms with Crippen molar-refractivity contribution < 1.29 is 27.0 Å². The van der Waals surface area contributed by atoms with E-state index >= 15 is 0 Å². The predicted molar refractivity (Wildman–Crippen MR) is 94.4 cm³/mol. The number of benzene rings is 2. The van der Waals surface area contributed by atoms with Gasteiger partial charge in [-0.25, -0.2) is 0 Å². The summed E-state index contributed by atoms with van der Waals surface area (Å²) in [5, 5.41) is 1.04. The minimum absolute atomic E-state index is 0.117. The van der Waals surface area contributed by atoms with Crippen LogP contribution in [-0.2, 0) is 0 Å². The fraction of sp³-hybridized carbons (Fsp3) is 0.333. The summed E-state index contributed by atoms with van der Waals surface area (Å²) in [6.45, 7) is -2.40. The van der Waals surface area contributed by atoms with Crippen LogP contribution in [0.5, 0.6) is 11.5 Å². The number of allylic oxidation sites excluding steroid dienone is 1. The van der Waals surface area contributed by atoms with Gasteiger partial charge in [-0.2, -0.15) is 17.6 Å². The van der Waals surface area contributed by atoms with Gasteiger partial charge in [0.1, 0.15) is 0 Å². The normalized spacial score (nSPS) is 13.5. The Bertz CT molecular complexity index is 813. The average Bonchev–Trinajstić information content (AvgIpc) is 2.58. The number of fused-ring (bicyclic) bond motifs is 1. The molecule has 0 heterocycles. The van der Waals surface area contributed by atoms with Gasteiger partial charge in [0.2, 0.25) is 0 Å². The van der Waals surface area contributed by atoms with Crippen LogP contribution in [-0.4, -0.2) is 13.2 Å². The summed E-state index contributed by atoms with van der Waals surface area (Å²) in [7, 11) is 0. The van der Waals surface area contributed by atoms with Crippen molar-refractivity contribution >= 4 is 10.8 Å². The van der Waals surface area contributed by atoms with Crippen molar-refractivity contribution in [2.24, 2.45) is 17.5 Å². The molecule has 0 aliphatic carbocycles. The van der Waals surface area contributed by atoms with E-state index in [0.717, 1.165) is 5.56 Å². The van der Waals surface area contributed by atoms with Crippen LogP contribution in [0.15, 0.2) is 42.2 Å². The highest BCUT2D eigenvalue weighted by Gasteiger charge is 2.21. The molecule has 2 aromatic rings. The second-order valence-corrected chi connectivity index (χ2v) is 6.15. The molecule has 0 saturated carbocycles. The molecule has 1 unspecified atom stereocenters. The quantitative estimate of drug-likeness (QED) is 0.362. The Morgan fingerprint density at radius 2 is 1.52 bits per heavy atom. The van der Waals surface area contributed by atoms with Crippen molar-refractivity contribution in [1.29, 1.82) is 0 Å². The van der Waals surface area contributed by atoms with E-state index in [1.54, 1.807) is 18.2 Å². The largest absolute Gasteiger partial charge is 0.431 e. The molecule has 5 N–H and O–H groups in total. The molecule has 0 saturated heterocycles. The second-order valence-electron chi connectivity index (χ2n) is 6.15. The van der Waals surface area contributed by atoms with E-state index in [1.165, 1.54) is 18.3 Å². The van der Waals surface area contributed by atoms with Gasteiger partial charge < -0.3 is 20.6 Å². The number of halogens is 4. The minimum Gasteiger partial charge on any atom is -0.431 e. The third-order valence-corrected chi connectivity index (χ3v) is 4.07. The second kappa shape index (κ2) is 8.81. The highest BCUT2D eigenvalue weighted by Crippen LogP contribution is 2.37. The third kappa shape index (κ3) is 4.94. The Morgan fingerprint density at radius 3 is 1.96 bits per heavy atom.